The number of nitrogens with one attached hydrogen (secondary N) is 1. The zero-order valence-corrected chi connectivity index (χ0v) is 8.76. The van der Waals surface area contributed by atoms with Gasteiger partial charge in [0, 0.05) is 6.04 Å². The summed E-state index contributed by atoms with van der Waals surface area (Å²) in [6.45, 7) is 2.16. The maximum Gasteiger partial charge on any atom is 0.141 e. The topological polar surface area (TPSA) is 24.9 Å². The van der Waals surface area contributed by atoms with Gasteiger partial charge in [0.2, 0.25) is 0 Å². The highest BCUT2D eigenvalue weighted by Gasteiger charge is 2.09. The Kier molecular flexibility index (Phi) is 4.53. The first-order chi connectivity index (χ1) is 6.77. The van der Waals surface area contributed by atoms with Gasteiger partial charge in [0.1, 0.15) is 5.82 Å². The maximum atomic E-state index is 12.6. The fraction of sp³-hybridized carbons (Fsp3) is 0.545. The summed E-state index contributed by atoms with van der Waals surface area (Å²) < 4.78 is 12.6. The van der Waals surface area contributed by atoms with Crippen molar-refractivity contribution in [2.75, 3.05) is 7.05 Å². The van der Waals surface area contributed by atoms with Gasteiger partial charge in [0.25, 0.3) is 0 Å². The molecule has 0 fully saturated rings. The fourth-order valence-corrected chi connectivity index (χ4v) is 1.44. The molecule has 2 nitrogen and oxygen atoms in total. The SMILES string of the molecule is CCCCC(NC)c1ccc(F)cn1. The number of hydrogen-bond donors (Lipinski definition) is 1. The second kappa shape index (κ2) is 5.70. The molecule has 0 aromatic carbocycles. The number of nitrogens with zero attached hydrogens (tertiary/aromatic N) is 1. The minimum Gasteiger partial charge on any atom is -0.312 e. The summed E-state index contributed by atoms with van der Waals surface area (Å²) in [5, 5.41) is 3.19. The van der Waals surface area contributed by atoms with E-state index in [1.807, 2.05) is 7.05 Å². The van der Waals surface area contributed by atoms with E-state index in [2.05, 4.69) is 17.2 Å². The van der Waals surface area contributed by atoms with Crippen molar-refractivity contribution in [3.8, 4) is 0 Å². The number of aromatic nitrogens is 1. The van der Waals surface area contributed by atoms with E-state index in [0.717, 1.165) is 18.5 Å². The van der Waals surface area contributed by atoms with Crippen molar-refractivity contribution in [3.05, 3.63) is 29.8 Å². The molecular formula is C11H17FN2. The smallest absolute Gasteiger partial charge is 0.141 e. The second-order valence-electron chi connectivity index (χ2n) is 3.38. The molecule has 1 aromatic heterocycles. The zero-order valence-electron chi connectivity index (χ0n) is 8.76. The van der Waals surface area contributed by atoms with E-state index in [1.165, 1.54) is 18.7 Å². The van der Waals surface area contributed by atoms with Crippen molar-refractivity contribution in [3.63, 3.8) is 0 Å². The van der Waals surface area contributed by atoms with Gasteiger partial charge in [0.05, 0.1) is 11.9 Å². The molecule has 1 rings (SSSR count). The van der Waals surface area contributed by atoms with Crippen molar-refractivity contribution in [1.82, 2.24) is 10.3 Å². The number of halogens is 1. The van der Waals surface area contributed by atoms with Crippen LogP contribution in [0.3, 0.4) is 0 Å². The Balaban J connectivity index is 2.64. The Bertz CT molecular complexity index is 258. The van der Waals surface area contributed by atoms with Crippen LogP contribution in [0.15, 0.2) is 18.3 Å². The number of rotatable bonds is 5. The molecule has 1 aromatic rings. The minimum absolute atomic E-state index is 0.246. The van der Waals surface area contributed by atoms with Crippen molar-refractivity contribution in [2.45, 2.75) is 32.2 Å². The van der Waals surface area contributed by atoms with Gasteiger partial charge in [-0.2, -0.15) is 0 Å². The fourth-order valence-electron chi connectivity index (χ4n) is 1.44. The van der Waals surface area contributed by atoms with Gasteiger partial charge in [-0.25, -0.2) is 4.39 Å². The lowest BCUT2D eigenvalue weighted by atomic mass is 10.1. The Morgan fingerprint density at radius 1 is 1.50 bits per heavy atom. The van der Waals surface area contributed by atoms with E-state index >= 15 is 0 Å². The van der Waals surface area contributed by atoms with Crippen LogP contribution < -0.4 is 5.32 Å². The molecule has 14 heavy (non-hydrogen) atoms. The standard InChI is InChI=1S/C11H17FN2/c1-3-4-5-10(13-2)11-7-6-9(12)8-14-11/h6-8,10,13H,3-5H2,1-2H3. The molecular weight excluding hydrogens is 179 g/mol. The van der Waals surface area contributed by atoms with E-state index < -0.39 is 0 Å². The third kappa shape index (κ3) is 3.07. The monoisotopic (exact) mass is 196 g/mol. The Hall–Kier alpha value is -0.960. The summed E-state index contributed by atoms with van der Waals surface area (Å²) >= 11 is 0. The average Bonchev–Trinajstić information content (AvgIpc) is 2.21. The lowest BCUT2D eigenvalue weighted by Crippen LogP contribution is -2.17. The maximum absolute atomic E-state index is 12.6. The van der Waals surface area contributed by atoms with E-state index in [9.17, 15) is 4.39 Å². The van der Waals surface area contributed by atoms with E-state index in [0.29, 0.717) is 0 Å². The molecule has 0 aliphatic rings. The van der Waals surface area contributed by atoms with Crippen LogP contribution in [0.5, 0.6) is 0 Å². The largest absolute Gasteiger partial charge is 0.312 e. The van der Waals surface area contributed by atoms with Crippen LogP contribution in [0.4, 0.5) is 4.39 Å². The molecule has 1 N–H and O–H groups in total. The molecule has 0 aliphatic carbocycles. The van der Waals surface area contributed by atoms with Gasteiger partial charge in [-0.1, -0.05) is 19.8 Å². The van der Waals surface area contributed by atoms with Gasteiger partial charge in [0.15, 0.2) is 0 Å². The predicted octanol–water partition coefficient (Wildman–Crippen LogP) is 2.67. The Morgan fingerprint density at radius 2 is 2.29 bits per heavy atom. The molecule has 1 heterocycles. The van der Waals surface area contributed by atoms with Gasteiger partial charge < -0.3 is 5.32 Å². The second-order valence-corrected chi connectivity index (χ2v) is 3.38. The van der Waals surface area contributed by atoms with Crippen LogP contribution in [-0.2, 0) is 0 Å². The van der Waals surface area contributed by atoms with Crippen LogP contribution in [-0.4, -0.2) is 12.0 Å². The van der Waals surface area contributed by atoms with Gasteiger partial charge in [-0.15, -0.1) is 0 Å². The number of hydrogen-bond acceptors (Lipinski definition) is 2. The summed E-state index contributed by atoms with van der Waals surface area (Å²) in [5.41, 5.74) is 0.919. The lowest BCUT2D eigenvalue weighted by molar-refractivity contribution is 0.508. The molecule has 1 unspecified atom stereocenters. The van der Waals surface area contributed by atoms with Gasteiger partial charge >= 0.3 is 0 Å². The van der Waals surface area contributed by atoms with Crippen LogP contribution >= 0.6 is 0 Å². The lowest BCUT2D eigenvalue weighted by Gasteiger charge is -2.14. The number of unbranched alkanes of at least 4 members (excludes halogenated alkanes) is 1. The first kappa shape index (κ1) is 11.1. The van der Waals surface area contributed by atoms with Gasteiger partial charge in [-0.05, 0) is 25.6 Å². The highest BCUT2D eigenvalue weighted by Crippen LogP contribution is 2.16. The summed E-state index contributed by atoms with van der Waals surface area (Å²) in [6.07, 6.45) is 4.64. The van der Waals surface area contributed by atoms with E-state index in [4.69, 9.17) is 0 Å². The first-order valence-electron chi connectivity index (χ1n) is 5.06. The normalized spacial score (nSPS) is 12.8. The molecule has 0 aliphatic heterocycles. The van der Waals surface area contributed by atoms with E-state index in [1.54, 1.807) is 6.07 Å². The minimum atomic E-state index is -0.279. The number of pyridine rings is 1. The predicted molar refractivity (Wildman–Crippen MR) is 55.5 cm³/mol. The molecule has 0 spiro atoms. The molecule has 1 atom stereocenters. The first-order valence-corrected chi connectivity index (χ1v) is 5.06. The summed E-state index contributed by atoms with van der Waals surface area (Å²) in [6, 6.07) is 3.45. The molecule has 0 amide bonds. The summed E-state index contributed by atoms with van der Waals surface area (Å²) in [7, 11) is 1.91. The van der Waals surface area contributed by atoms with Gasteiger partial charge in [-0.3, -0.25) is 4.98 Å². The van der Waals surface area contributed by atoms with Crippen LogP contribution in [0.1, 0.15) is 37.9 Å². The van der Waals surface area contributed by atoms with Crippen molar-refractivity contribution >= 4 is 0 Å². The molecule has 3 heteroatoms. The molecule has 0 saturated heterocycles. The van der Waals surface area contributed by atoms with Crippen molar-refractivity contribution < 1.29 is 4.39 Å². The molecule has 78 valence electrons. The quantitative estimate of drug-likeness (QED) is 0.783. The van der Waals surface area contributed by atoms with Crippen LogP contribution in [0.25, 0.3) is 0 Å². The Labute approximate surface area is 84.6 Å². The van der Waals surface area contributed by atoms with Crippen molar-refractivity contribution in [1.29, 1.82) is 0 Å². The van der Waals surface area contributed by atoms with Crippen molar-refractivity contribution in [2.24, 2.45) is 0 Å². The average molecular weight is 196 g/mol. The molecule has 0 bridgehead atoms. The van der Waals surface area contributed by atoms with Crippen LogP contribution in [0.2, 0.25) is 0 Å². The third-order valence-electron chi connectivity index (χ3n) is 2.30. The zero-order chi connectivity index (χ0) is 10.4. The molecule has 0 radical (unpaired) electrons. The highest BCUT2D eigenvalue weighted by molar-refractivity contribution is 5.09. The Morgan fingerprint density at radius 3 is 2.79 bits per heavy atom. The molecule has 0 saturated carbocycles. The summed E-state index contributed by atoms with van der Waals surface area (Å²) in [5.74, 6) is -0.279. The third-order valence-corrected chi connectivity index (χ3v) is 2.30. The highest BCUT2D eigenvalue weighted by atomic mass is 19.1. The van der Waals surface area contributed by atoms with E-state index in [-0.39, 0.29) is 11.9 Å². The van der Waals surface area contributed by atoms with Crippen LogP contribution in [0, 0.1) is 5.82 Å². The summed E-state index contributed by atoms with van der Waals surface area (Å²) in [4.78, 5) is 4.06.